The van der Waals surface area contributed by atoms with Crippen molar-refractivity contribution in [3.8, 4) is 0 Å². The number of halogens is 1. The van der Waals surface area contributed by atoms with Crippen molar-refractivity contribution >= 4 is 35.6 Å². The standard InChI is InChI=1S/C14H21N3.HI/c1-11(2)10-16-14(15-3)17-9-8-12-6-4-5-7-13(12)17;/h4-7,11H,8-10H2,1-3H3,(H,15,16);1H. The Kier molecular flexibility index (Phi) is 5.91. The lowest BCUT2D eigenvalue weighted by molar-refractivity contribution is 0.620. The molecule has 18 heavy (non-hydrogen) atoms. The number of rotatable bonds is 2. The highest BCUT2D eigenvalue weighted by Crippen LogP contribution is 2.27. The van der Waals surface area contributed by atoms with Gasteiger partial charge >= 0.3 is 0 Å². The molecule has 1 aromatic rings. The normalized spacial score (nSPS) is 14.4. The number of fused-ring (bicyclic) bond motifs is 1. The van der Waals surface area contributed by atoms with Gasteiger partial charge in [0.1, 0.15) is 0 Å². The van der Waals surface area contributed by atoms with Crippen molar-refractivity contribution < 1.29 is 0 Å². The second-order valence-electron chi connectivity index (χ2n) is 4.85. The number of nitrogens with one attached hydrogen (secondary N) is 1. The SMILES string of the molecule is CN=C(NCC(C)C)N1CCc2ccccc21.I. The van der Waals surface area contributed by atoms with Crippen LogP contribution < -0.4 is 10.2 Å². The molecule has 1 heterocycles. The summed E-state index contributed by atoms with van der Waals surface area (Å²) in [6, 6.07) is 8.56. The Bertz CT molecular complexity index is 415. The fraction of sp³-hybridized carbons (Fsp3) is 0.500. The van der Waals surface area contributed by atoms with E-state index in [9.17, 15) is 0 Å². The number of para-hydroxylation sites is 1. The molecule has 0 unspecified atom stereocenters. The van der Waals surface area contributed by atoms with E-state index in [-0.39, 0.29) is 24.0 Å². The first-order chi connectivity index (χ1) is 8.22. The fourth-order valence-electron chi connectivity index (χ4n) is 2.15. The second kappa shape index (κ2) is 6.97. The van der Waals surface area contributed by atoms with Crippen LogP contribution in [0.5, 0.6) is 0 Å². The molecular weight excluding hydrogens is 337 g/mol. The minimum absolute atomic E-state index is 0. The molecule has 0 aromatic heterocycles. The largest absolute Gasteiger partial charge is 0.356 e. The Balaban J connectivity index is 0.00000162. The molecule has 0 saturated heterocycles. The molecule has 3 nitrogen and oxygen atoms in total. The number of guanidine groups is 1. The quantitative estimate of drug-likeness (QED) is 0.500. The summed E-state index contributed by atoms with van der Waals surface area (Å²) in [6.07, 6.45) is 1.11. The highest BCUT2D eigenvalue weighted by atomic mass is 127. The lowest BCUT2D eigenvalue weighted by atomic mass is 10.2. The Labute approximate surface area is 127 Å². The molecule has 1 N–H and O–H groups in total. The number of hydrogen-bond acceptors (Lipinski definition) is 1. The maximum absolute atomic E-state index is 4.37. The van der Waals surface area contributed by atoms with E-state index in [2.05, 4.69) is 53.3 Å². The van der Waals surface area contributed by atoms with E-state index in [1.165, 1.54) is 11.3 Å². The van der Waals surface area contributed by atoms with Gasteiger partial charge < -0.3 is 10.2 Å². The fourth-order valence-corrected chi connectivity index (χ4v) is 2.15. The molecule has 0 atom stereocenters. The van der Waals surface area contributed by atoms with Crippen LogP contribution >= 0.6 is 24.0 Å². The minimum Gasteiger partial charge on any atom is -0.356 e. The number of benzene rings is 1. The molecule has 4 heteroatoms. The molecule has 0 radical (unpaired) electrons. The van der Waals surface area contributed by atoms with Crippen molar-refractivity contribution in [2.45, 2.75) is 20.3 Å². The third-order valence-corrected chi connectivity index (χ3v) is 3.02. The molecule has 2 rings (SSSR count). The van der Waals surface area contributed by atoms with E-state index in [0.29, 0.717) is 5.92 Å². The molecule has 0 spiro atoms. The van der Waals surface area contributed by atoms with Crippen LogP contribution in [-0.2, 0) is 6.42 Å². The zero-order chi connectivity index (χ0) is 12.3. The van der Waals surface area contributed by atoms with Crippen molar-refractivity contribution in [1.29, 1.82) is 0 Å². The summed E-state index contributed by atoms with van der Waals surface area (Å²) in [6.45, 7) is 6.40. The summed E-state index contributed by atoms with van der Waals surface area (Å²) in [7, 11) is 1.85. The van der Waals surface area contributed by atoms with Gasteiger partial charge in [0.05, 0.1) is 0 Å². The van der Waals surface area contributed by atoms with Crippen LogP contribution in [0, 0.1) is 5.92 Å². The van der Waals surface area contributed by atoms with Crippen LogP contribution in [-0.4, -0.2) is 26.1 Å². The first-order valence-corrected chi connectivity index (χ1v) is 6.28. The molecule has 0 amide bonds. The Morgan fingerprint density at radius 2 is 2.11 bits per heavy atom. The highest BCUT2D eigenvalue weighted by molar-refractivity contribution is 14.0. The molecule has 1 aromatic carbocycles. The third kappa shape index (κ3) is 3.37. The van der Waals surface area contributed by atoms with Gasteiger partial charge in [-0.25, -0.2) is 0 Å². The van der Waals surface area contributed by atoms with Gasteiger partial charge in [0.15, 0.2) is 5.96 Å². The number of hydrogen-bond donors (Lipinski definition) is 1. The number of aliphatic imine (C=N–C) groups is 1. The lowest BCUT2D eigenvalue weighted by Gasteiger charge is -2.23. The topological polar surface area (TPSA) is 27.6 Å². The second-order valence-corrected chi connectivity index (χ2v) is 4.85. The monoisotopic (exact) mass is 359 g/mol. The molecule has 0 saturated carbocycles. The summed E-state index contributed by atoms with van der Waals surface area (Å²) in [5, 5.41) is 3.43. The van der Waals surface area contributed by atoms with Crippen molar-refractivity contribution in [3.63, 3.8) is 0 Å². The van der Waals surface area contributed by atoms with Crippen molar-refractivity contribution in [1.82, 2.24) is 5.32 Å². The average Bonchev–Trinajstić information content (AvgIpc) is 2.74. The van der Waals surface area contributed by atoms with E-state index in [4.69, 9.17) is 0 Å². The molecule has 0 fully saturated rings. The van der Waals surface area contributed by atoms with Gasteiger partial charge in [0.2, 0.25) is 0 Å². The first kappa shape index (κ1) is 15.3. The molecule has 100 valence electrons. The Hall–Kier alpha value is -0.780. The van der Waals surface area contributed by atoms with E-state index in [1.54, 1.807) is 0 Å². The van der Waals surface area contributed by atoms with Crippen LogP contribution in [0.4, 0.5) is 5.69 Å². The predicted octanol–water partition coefficient (Wildman–Crippen LogP) is 2.90. The third-order valence-electron chi connectivity index (χ3n) is 3.02. The van der Waals surface area contributed by atoms with Crippen molar-refractivity contribution in [3.05, 3.63) is 29.8 Å². The van der Waals surface area contributed by atoms with Crippen LogP contribution in [0.25, 0.3) is 0 Å². The Morgan fingerprint density at radius 1 is 1.39 bits per heavy atom. The molecule has 1 aliphatic rings. The molecule has 0 aliphatic carbocycles. The van der Waals surface area contributed by atoms with E-state index in [1.807, 2.05) is 7.05 Å². The van der Waals surface area contributed by atoms with Crippen LogP contribution in [0.2, 0.25) is 0 Å². The van der Waals surface area contributed by atoms with Gasteiger partial charge in [0.25, 0.3) is 0 Å². The zero-order valence-electron chi connectivity index (χ0n) is 11.3. The number of nitrogens with zero attached hydrogens (tertiary/aromatic N) is 2. The minimum atomic E-state index is 0. The van der Waals surface area contributed by atoms with E-state index >= 15 is 0 Å². The highest BCUT2D eigenvalue weighted by Gasteiger charge is 2.22. The number of anilines is 1. The van der Waals surface area contributed by atoms with Gasteiger partial charge in [-0.1, -0.05) is 32.0 Å². The van der Waals surface area contributed by atoms with Gasteiger partial charge in [-0.05, 0) is 24.0 Å². The maximum atomic E-state index is 4.37. The predicted molar refractivity (Wildman–Crippen MR) is 89.1 cm³/mol. The average molecular weight is 359 g/mol. The summed E-state index contributed by atoms with van der Waals surface area (Å²) in [5.74, 6) is 1.62. The van der Waals surface area contributed by atoms with Crippen LogP contribution in [0.1, 0.15) is 19.4 Å². The van der Waals surface area contributed by atoms with E-state index in [0.717, 1.165) is 25.5 Å². The molecular formula is C14H22IN3. The summed E-state index contributed by atoms with van der Waals surface area (Å²) < 4.78 is 0. The summed E-state index contributed by atoms with van der Waals surface area (Å²) >= 11 is 0. The van der Waals surface area contributed by atoms with Gasteiger partial charge in [0, 0.05) is 25.8 Å². The van der Waals surface area contributed by atoms with Crippen molar-refractivity contribution in [2.24, 2.45) is 10.9 Å². The van der Waals surface area contributed by atoms with Gasteiger partial charge in [-0.3, -0.25) is 4.99 Å². The van der Waals surface area contributed by atoms with E-state index < -0.39 is 0 Å². The lowest BCUT2D eigenvalue weighted by Crippen LogP contribution is -2.41. The van der Waals surface area contributed by atoms with Gasteiger partial charge in [-0.15, -0.1) is 24.0 Å². The smallest absolute Gasteiger partial charge is 0.198 e. The summed E-state index contributed by atoms with van der Waals surface area (Å²) in [4.78, 5) is 6.65. The first-order valence-electron chi connectivity index (χ1n) is 6.28. The molecule has 1 aliphatic heterocycles. The maximum Gasteiger partial charge on any atom is 0.198 e. The van der Waals surface area contributed by atoms with Crippen LogP contribution in [0.15, 0.2) is 29.3 Å². The van der Waals surface area contributed by atoms with Gasteiger partial charge in [-0.2, -0.15) is 0 Å². The molecule has 0 bridgehead atoms. The van der Waals surface area contributed by atoms with Crippen molar-refractivity contribution in [2.75, 3.05) is 25.0 Å². The van der Waals surface area contributed by atoms with Crippen LogP contribution in [0.3, 0.4) is 0 Å². The zero-order valence-corrected chi connectivity index (χ0v) is 13.6. The Morgan fingerprint density at radius 3 is 2.78 bits per heavy atom. The summed E-state index contributed by atoms with van der Waals surface area (Å²) in [5.41, 5.74) is 2.71.